The summed E-state index contributed by atoms with van der Waals surface area (Å²) in [6.45, 7) is 0. The zero-order valence-corrected chi connectivity index (χ0v) is 11.6. The fraction of sp³-hybridized carbons (Fsp3) is 0.538. The van der Waals surface area contributed by atoms with E-state index in [-0.39, 0.29) is 18.0 Å². The summed E-state index contributed by atoms with van der Waals surface area (Å²) in [5.41, 5.74) is 2.78. The van der Waals surface area contributed by atoms with Gasteiger partial charge in [-0.25, -0.2) is 8.78 Å². The maximum Gasteiger partial charge on any atom is 0.143 e. The molecule has 1 saturated carbocycles. The minimum Gasteiger partial charge on any atom is -0.271 e. The van der Waals surface area contributed by atoms with Gasteiger partial charge in [-0.2, -0.15) is 0 Å². The Morgan fingerprint density at radius 1 is 1.39 bits per heavy atom. The van der Waals surface area contributed by atoms with E-state index in [1.807, 2.05) is 0 Å². The summed E-state index contributed by atoms with van der Waals surface area (Å²) in [7, 11) is 0. The summed E-state index contributed by atoms with van der Waals surface area (Å²) in [6.07, 6.45) is 4.80. The highest BCUT2D eigenvalue weighted by Crippen LogP contribution is 2.31. The molecule has 1 atom stereocenters. The molecule has 0 aliphatic heterocycles. The van der Waals surface area contributed by atoms with Crippen molar-refractivity contribution in [2.75, 3.05) is 0 Å². The monoisotopic (exact) mass is 318 g/mol. The normalized spacial score (nSPS) is 17.6. The first kappa shape index (κ1) is 13.9. The SMILES string of the molecule is NNC(Cc1c(F)ccc(Br)c1F)CC1CCC1. The highest BCUT2D eigenvalue weighted by atomic mass is 79.9. The molecule has 1 aromatic rings. The largest absolute Gasteiger partial charge is 0.271 e. The van der Waals surface area contributed by atoms with Crippen molar-refractivity contribution >= 4 is 15.9 Å². The quantitative estimate of drug-likeness (QED) is 0.496. The molecule has 0 saturated heterocycles. The molecule has 0 aromatic heterocycles. The number of hydrogen-bond acceptors (Lipinski definition) is 2. The Morgan fingerprint density at radius 2 is 2.11 bits per heavy atom. The third kappa shape index (κ3) is 3.08. The molecule has 1 unspecified atom stereocenters. The molecule has 1 fully saturated rings. The number of benzene rings is 1. The molecule has 0 amide bonds. The molecular weight excluding hydrogens is 302 g/mol. The number of rotatable bonds is 5. The van der Waals surface area contributed by atoms with Crippen molar-refractivity contribution in [1.29, 1.82) is 0 Å². The van der Waals surface area contributed by atoms with E-state index < -0.39 is 11.6 Å². The topological polar surface area (TPSA) is 38.0 Å². The van der Waals surface area contributed by atoms with E-state index >= 15 is 0 Å². The predicted octanol–water partition coefficient (Wildman–Crippen LogP) is 3.29. The van der Waals surface area contributed by atoms with Crippen molar-refractivity contribution in [3.63, 3.8) is 0 Å². The Kier molecular flexibility index (Phi) is 4.70. The molecule has 1 aliphatic carbocycles. The lowest BCUT2D eigenvalue weighted by Crippen LogP contribution is -2.39. The Bertz CT molecular complexity index is 422. The van der Waals surface area contributed by atoms with Crippen molar-refractivity contribution < 1.29 is 8.78 Å². The molecule has 5 heteroatoms. The van der Waals surface area contributed by atoms with Gasteiger partial charge in [0.1, 0.15) is 11.6 Å². The van der Waals surface area contributed by atoms with Gasteiger partial charge in [0, 0.05) is 11.6 Å². The van der Waals surface area contributed by atoms with Crippen LogP contribution in [0, 0.1) is 17.6 Å². The van der Waals surface area contributed by atoms with Gasteiger partial charge in [0.2, 0.25) is 0 Å². The van der Waals surface area contributed by atoms with E-state index in [1.54, 1.807) is 0 Å². The second-order valence-electron chi connectivity index (χ2n) is 4.92. The highest BCUT2D eigenvalue weighted by molar-refractivity contribution is 9.10. The van der Waals surface area contributed by atoms with Crippen LogP contribution in [0.4, 0.5) is 8.78 Å². The Balaban J connectivity index is 2.08. The summed E-state index contributed by atoms with van der Waals surface area (Å²) in [5, 5.41) is 0. The molecule has 0 heterocycles. The van der Waals surface area contributed by atoms with Crippen LogP contribution in [-0.4, -0.2) is 6.04 Å². The van der Waals surface area contributed by atoms with Crippen LogP contribution < -0.4 is 11.3 Å². The molecular formula is C13H17BrF2N2. The van der Waals surface area contributed by atoms with Crippen molar-refractivity contribution in [1.82, 2.24) is 5.43 Å². The Labute approximate surface area is 114 Å². The number of hydrogen-bond donors (Lipinski definition) is 2. The molecule has 0 spiro atoms. The zero-order valence-electron chi connectivity index (χ0n) is 10.1. The summed E-state index contributed by atoms with van der Waals surface area (Å²) in [5.74, 6) is 5.09. The van der Waals surface area contributed by atoms with Crippen LogP contribution in [0.5, 0.6) is 0 Å². The maximum atomic E-state index is 13.8. The van der Waals surface area contributed by atoms with Gasteiger partial charge in [0.15, 0.2) is 0 Å². The van der Waals surface area contributed by atoms with E-state index in [0.717, 1.165) is 6.42 Å². The van der Waals surface area contributed by atoms with E-state index in [1.165, 1.54) is 31.4 Å². The maximum absolute atomic E-state index is 13.8. The zero-order chi connectivity index (χ0) is 13.1. The molecule has 1 aliphatic rings. The first-order valence-electron chi connectivity index (χ1n) is 6.20. The molecule has 0 radical (unpaired) electrons. The molecule has 1 aromatic carbocycles. The standard InChI is InChI=1S/C13H17BrF2N2/c14-11-4-5-12(15)10(13(11)16)7-9(18-17)6-8-2-1-3-8/h4-5,8-9,18H,1-3,6-7,17H2. The predicted molar refractivity (Wildman–Crippen MR) is 70.8 cm³/mol. The van der Waals surface area contributed by atoms with Crippen LogP contribution in [0.2, 0.25) is 0 Å². The lowest BCUT2D eigenvalue weighted by molar-refractivity contribution is 0.258. The minimum atomic E-state index is -0.524. The smallest absolute Gasteiger partial charge is 0.143 e. The van der Waals surface area contributed by atoms with Crippen LogP contribution in [0.1, 0.15) is 31.2 Å². The third-order valence-electron chi connectivity index (χ3n) is 3.67. The summed E-state index contributed by atoms with van der Waals surface area (Å²) < 4.78 is 27.8. The van der Waals surface area contributed by atoms with Gasteiger partial charge < -0.3 is 0 Å². The van der Waals surface area contributed by atoms with E-state index in [9.17, 15) is 8.78 Å². The van der Waals surface area contributed by atoms with Crippen LogP contribution in [0.3, 0.4) is 0 Å². The highest BCUT2D eigenvalue weighted by Gasteiger charge is 2.23. The summed E-state index contributed by atoms with van der Waals surface area (Å²) >= 11 is 3.07. The fourth-order valence-electron chi connectivity index (χ4n) is 2.34. The van der Waals surface area contributed by atoms with Gasteiger partial charge in [-0.1, -0.05) is 19.3 Å². The number of halogens is 3. The lowest BCUT2D eigenvalue weighted by Gasteiger charge is -2.29. The van der Waals surface area contributed by atoms with Crippen LogP contribution in [-0.2, 0) is 6.42 Å². The first-order chi connectivity index (χ1) is 8.61. The molecule has 0 bridgehead atoms. The van der Waals surface area contributed by atoms with Crippen molar-refractivity contribution in [3.05, 3.63) is 33.8 Å². The number of nitrogens with two attached hydrogens (primary N) is 1. The third-order valence-corrected chi connectivity index (χ3v) is 4.28. The second-order valence-corrected chi connectivity index (χ2v) is 5.78. The van der Waals surface area contributed by atoms with Gasteiger partial charge in [-0.05, 0) is 46.8 Å². The van der Waals surface area contributed by atoms with E-state index in [2.05, 4.69) is 21.4 Å². The van der Waals surface area contributed by atoms with Crippen LogP contribution >= 0.6 is 15.9 Å². The van der Waals surface area contributed by atoms with Crippen LogP contribution in [0.25, 0.3) is 0 Å². The second kappa shape index (κ2) is 6.08. The Hall–Kier alpha value is -0.520. The average molecular weight is 319 g/mol. The van der Waals surface area contributed by atoms with Gasteiger partial charge in [0.05, 0.1) is 4.47 Å². The molecule has 18 heavy (non-hydrogen) atoms. The first-order valence-corrected chi connectivity index (χ1v) is 6.99. The van der Waals surface area contributed by atoms with Gasteiger partial charge >= 0.3 is 0 Å². The van der Waals surface area contributed by atoms with Gasteiger partial charge in [0.25, 0.3) is 0 Å². The summed E-state index contributed by atoms with van der Waals surface area (Å²) in [4.78, 5) is 0. The molecule has 100 valence electrons. The molecule has 3 N–H and O–H groups in total. The van der Waals surface area contributed by atoms with Gasteiger partial charge in [-0.3, -0.25) is 11.3 Å². The average Bonchev–Trinajstić information content (AvgIpc) is 2.31. The fourth-order valence-corrected chi connectivity index (χ4v) is 2.72. The van der Waals surface area contributed by atoms with E-state index in [0.29, 0.717) is 10.4 Å². The number of nitrogens with one attached hydrogen (secondary N) is 1. The Morgan fingerprint density at radius 3 is 2.67 bits per heavy atom. The summed E-state index contributed by atoms with van der Waals surface area (Å²) in [6, 6.07) is 2.58. The minimum absolute atomic E-state index is 0.0754. The number of hydrazine groups is 1. The molecule has 2 nitrogen and oxygen atoms in total. The van der Waals surface area contributed by atoms with Gasteiger partial charge in [-0.15, -0.1) is 0 Å². The molecule has 2 rings (SSSR count). The van der Waals surface area contributed by atoms with Crippen molar-refractivity contribution in [2.24, 2.45) is 11.8 Å². The van der Waals surface area contributed by atoms with Crippen molar-refractivity contribution in [2.45, 2.75) is 38.1 Å². The van der Waals surface area contributed by atoms with Crippen LogP contribution in [0.15, 0.2) is 16.6 Å². The lowest BCUT2D eigenvalue weighted by atomic mass is 9.80. The van der Waals surface area contributed by atoms with Crippen molar-refractivity contribution in [3.8, 4) is 0 Å². The van der Waals surface area contributed by atoms with E-state index in [4.69, 9.17) is 5.84 Å².